The molecule has 1 saturated carbocycles. The van der Waals surface area contributed by atoms with Crippen molar-refractivity contribution in [1.29, 1.82) is 0 Å². The van der Waals surface area contributed by atoms with Crippen LogP contribution in [0.15, 0.2) is 42.0 Å². The minimum absolute atomic E-state index is 0.0139. The number of ketones is 2. The first kappa shape index (κ1) is 13.7. The van der Waals surface area contributed by atoms with E-state index in [1.54, 1.807) is 6.08 Å². The highest BCUT2D eigenvalue weighted by Crippen LogP contribution is 2.45. The van der Waals surface area contributed by atoms with Gasteiger partial charge in [0.1, 0.15) is 0 Å². The quantitative estimate of drug-likeness (QED) is 0.597. The van der Waals surface area contributed by atoms with Crippen LogP contribution in [0.1, 0.15) is 45.1 Å². The van der Waals surface area contributed by atoms with E-state index >= 15 is 0 Å². The average molecular weight is 256 g/mol. The zero-order valence-corrected chi connectivity index (χ0v) is 11.8. The second kappa shape index (κ2) is 5.12. The molecule has 2 nitrogen and oxygen atoms in total. The Bertz CT molecular complexity index is 523. The molecule has 1 unspecified atom stereocenters. The van der Waals surface area contributed by atoms with Gasteiger partial charge in [0.25, 0.3) is 0 Å². The Morgan fingerprint density at radius 3 is 2.42 bits per heavy atom. The lowest BCUT2D eigenvalue weighted by molar-refractivity contribution is -0.131. The summed E-state index contributed by atoms with van der Waals surface area (Å²) in [5.74, 6) is -0.0535. The number of hydrogen-bond donors (Lipinski definition) is 0. The van der Waals surface area contributed by atoms with Crippen molar-refractivity contribution in [2.24, 2.45) is 5.41 Å². The smallest absolute Gasteiger partial charge is 0.172 e. The Morgan fingerprint density at radius 1 is 1.21 bits per heavy atom. The molecule has 1 aliphatic carbocycles. The summed E-state index contributed by atoms with van der Waals surface area (Å²) in [6.45, 7) is 5.84. The van der Waals surface area contributed by atoms with Gasteiger partial charge in [0.05, 0.1) is 5.57 Å². The Hall–Kier alpha value is -1.70. The van der Waals surface area contributed by atoms with Crippen molar-refractivity contribution >= 4 is 11.6 Å². The molecule has 0 spiro atoms. The maximum absolute atomic E-state index is 12.5. The molecule has 2 heteroatoms. The first-order valence-corrected chi connectivity index (χ1v) is 6.81. The van der Waals surface area contributed by atoms with Gasteiger partial charge in [-0.1, -0.05) is 57.2 Å². The van der Waals surface area contributed by atoms with Gasteiger partial charge in [0.15, 0.2) is 11.6 Å². The molecule has 1 atom stereocenters. The summed E-state index contributed by atoms with van der Waals surface area (Å²) in [4.78, 5) is 24.7. The van der Waals surface area contributed by atoms with Crippen LogP contribution >= 0.6 is 0 Å². The molecule has 1 fully saturated rings. The van der Waals surface area contributed by atoms with E-state index in [0.717, 1.165) is 12.0 Å². The molecule has 2 rings (SSSR count). The minimum atomic E-state index is -0.518. The summed E-state index contributed by atoms with van der Waals surface area (Å²) in [5, 5.41) is 0. The molecule has 0 saturated heterocycles. The molecule has 1 aromatic rings. The number of Topliss-reactive ketones (excluding diaryl/α,β-unsaturated/α-hetero) is 2. The number of carbonyl (C=O) groups excluding carboxylic acids is 2. The molecule has 0 radical (unpaired) electrons. The average Bonchev–Trinajstić information content (AvgIpc) is 2.40. The SMILES string of the molecule is CC/C=C1\C(=O)CC(c2ccccc2)C(C)(C)C1=O. The van der Waals surface area contributed by atoms with Crippen molar-refractivity contribution < 1.29 is 9.59 Å². The molecule has 100 valence electrons. The number of allylic oxidation sites excluding steroid dienone is 2. The maximum atomic E-state index is 12.5. The summed E-state index contributed by atoms with van der Waals surface area (Å²) in [6, 6.07) is 9.87. The monoisotopic (exact) mass is 256 g/mol. The van der Waals surface area contributed by atoms with Crippen molar-refractivity contribution in [3.63, 3.8) is 0 Å². The second-order valence-corrected chi connectivity index (χ2v) is 5.67. The highest BCUT2D eigenvalue weighted by molar-refractivity contribution is 6.24. The van der Waals surface area contributed by atoms with Crippen LogP contribution < -0.4 is 0 Å². The molecular weight excluding hydrogens is 236 g/mol. The van der Waals surface area contributed by atoms with Crippen LogP contribution in [0, 0.1) is 5.41 Å². The van der Waals surface area contributed by atoms with Gasteiger partial charge in [0.2, 0.25) is 0 Å². The van der Waals surface area contributed by atoms with Crippen molar-refractivity contribution in [1.82, 2.24) is 0 Å². The van der Waals surface area contributed by atoms with Crippen molar-refractivity contribution in [3.05, 3.63) is 47.5 Å². The molecule has 0 aromatic heterocycles. The minimum Gasteiger partial charge on any atom is -0.294 e. The van der Waals surface area contributed by atoms with Gasteiger partial charge in [-0.05, 0) is 12.0 Å². The lowest BCUT2D eigenvalue weighted by Gasteiger charge is -2.37. The van der Waals surface area contributed by atoms with Crippen LogP contribution in [0.3, 0.4) is 0 Å². The van der Waals surface area contributed by atoms with Gasteiger partial charge in [0, 0.05) is 17.8 Å². The van der Waals surface area contributed by atoms with Crippen LogP contribution in [0.25, 0.3) is 0 Å². The zero-order valence-electron chi connectivity index (χ0n) is 11.8. The van der Waals surface area contributed by atoms with E-state index < -0.39 is 5.41 Å². The number of carbonyl (C=O) groups is 2. The molecule has 0 amide bonds. The fraction of sp³-hybridized carbons (Fsp3) is 0.412. The van der Waals surface area contributed by atoms with Crippen molar-refractivity contribution in [2.75, 3.05) is 0 Å². The third-order valence-electron chi connectivity index (χ3n) is 4.00. The van der Waals surface area contributed by atoms with E-state index in [1.807, 2.05) is 51.1 Å². The van der Waals surface area contributed by atoms with Gasteiger partial charge >= 0.3 is 0 Å². The lowest BCUT2D eigenvalue weighted by atomic mass is 9.63. The molecule has 0 bridgehead atoms. The first-order chi connectivity index (χ1) is 8.98. The van der Waals surface area contributed by atoms with E-state index in [1.165, 1.54) is 0 Å². The van der Waals surface area contributed by atoms with Gasteiger partial charge in [-0.25, -0.2) is 0 Å². The predicted octanol–water partition coefficient (Wildman–Crippen LogP) is 3.67. The van der Waals surface area contributed by atoms with Crippen LogP contribution in [0.5, 0.6) is 0 Å². The van der Waals surface area contributed by atoms with Crippen LogP contribution in [-0.4, -0.2) is 11.6 Å². The third kappa shape index (κ3) is 2.40. The fourth-order valence-corrected chi connectivity index (χ4v) is 2.81. The largest absolute Gasteiger partial charge is 0.294 e. The third-order valence-corrected chi connectivity index (χ3v) is 4.00. The topological polar surface area (TPSA) is 34.1 Å². The normalized spacial score (nSPS) is 24.8. The summed E-state index contributed by atoms with van der Waals surface area (Å²) >= 11 is 0. The van der Waals surface area contributed by atoms with Crippen LogP contribution in [-0.2, 0) is 9.59 Å². The van der Waals surface area contributed by atoms with Gasteiger partial charge in [-0.3, -0.25) is 9.59 Å². The lowest BCUT2D eigenvalue weighted by Crippen LogP contribution is -2.41. The van der Waals surface area contributed by atoms with Crippen molar-refractivity contribution in [3.8, 4) is 0 Å². The highest BCUT2D eigenvalue weighted by atomic mass is 16.2. The van der Waals surface area contributed by atoms with Crippen molar-refractivity contribution in [2.45, 2.75) is 39.5 Å². The summed E-state index contributed by atoms with van der Waals surface area (Å²) in [6.07, 6.45) is 2.92. The number of benzene rings is 1. The molecule has 0 heterocycles. The number of rotatable bonds is 2. The molecule has 0 aliphatic heterocycles. The summed E-state index contributed by atoms with van der Waals surface area (Å²) in [5.41, 5.74) is 0.959. The molecular formula is C17H20O2. The molecule has 1 aliphatic rings. The summed E-state index contributed by atoms with van der Waals surface area (Å²) < 4.78 is 0. The Labute approximate surface area is 114 Å². The van der Waals surface area contributed by atoms with E-state index in [2.05, 4.69) is 0 Å². The standard InChI is InChI=1S/C17H20O2/c1-4-8-13-15(18)11-14(17(2,3)16(13)19)12-9-6-5-7-10-12/h5-10,14H,4,11H2,1-3H3/b13-8+. The van der Waals surface area contributed by atoms with Crippen LogP contribution in [0.2, 0.25) is 0 Å². The fourth-order valence-electron chi connectivity index (χ4n) is 2.81. The van der Waals surface area contributed by atoms with Crippen LogP contribution in [0.4, 0.5) is 0 Å². The van der Waals surface area contributed by atoms with Gasteiger partial charge in [-0.2, -0.15) is 0 Å². The summed E-state index contributed by atoms with van der Waals surface area (Å²) in [7, 11) is 0. The first-order valence-electron chi connectivity index (χ1n) is 6.81. The second-order valence-electron chi connectivity index (χ2n) is 5.67. The Kier molecular flexibility index (Phi) is 3.70. The van der Waals surface area contributed by atoms with Gasteiger partial charge in [-0.15, -0.1) is 0 Å². The molecule has 1 aromatic carbocycles. The van der Waals surface area contributed by atoms with E-state index in [0.29, 0.717) is 12.0 Å². The zero-order chi connectivity index (χ0) is 14.0. The van der Waals surface area contributed by atoms with E-state index in [9.17, 15) is 9.59 Å². The van der Waals surface area contributed by atoms with E-state index in [4.69, 9.17) is 0 Å². The maximum Gasteiger partial charge on any atom is 0.172 e. The predicted molar refractivity (Wildman–Crippen MR) is 76.0 cm³/mol. The number of hydrogen-bond acceptors (Lipinski definition) is 2. The van der Waals surface area contributed by atoms with Gasteiger partial charge < -0.3 is 0 Å². The molecule has 19 heavy (non-hydrogen) atoms. The molecule has 0 N–H and O–H groups in total. The highest BCUT2D eigenvalue weighted by Gasteiger charge is 2.45. The Balaban J connectivity index is 2.42. The Morgan fingerprint density at radius 2 is 1.84 bits per heavy atom. The van der Waals surface area contributed by atoms with E-state index in [-0.39, 0.29) is 17.5 Å².